The minimum atomic E-state index is -3.86. The molecular weight excluding hydrogens is 430 g/mol. The Morgan fingerprint density at radius 3 is 2.62 bits per heavy atom. The second-order valence-electron chi connectivity index (χ2n) is 8.25. The van der Waals surface area contributed by atoms with Gasteiger partial charge in [-0.25, -0.2) is 13.2 Å². The van der Waals surface area contributed by atoms with Gasteiger partial charge in [-0.15, -0.1) is 0 Å². The SMILES string of the molecule is O=C(NC1CCN(S(=O)(=O)c2cccc3c(=O)[nH]ccc23)C12CC2)OCc1ccccc1. The first kappa shape index (κ1) is 20.7. The van der Waals surface area contributed by atoms with Gasteiger partial charge in [-0.3, -0.25) is 4.79 Å². The standard InChI is InChI=1S/C23H23N3O5S/c27-21-18-7-4-8-19(17(18)9-13-24-21)32(29,30)26-14-10-20(23(26)11-12-23)25-22(28)31-15-16-5-2-1-3-6-16/h1-9,13,20H,10-12,14-15H2,(H,24,27)(H,25,28). The van der Waals surface area contributed by atoms with Gasteiger partial charge in [0.15, 0.2) is 0 Å². The monoisotopic (exact) mass is 453 g/mol. The van der Waals surface area contributed by atoms with Crippen molar-refractivity contribution >= 4 is 26.9 Å². The Labute approximate surface area is 185 Å². The molecule has 1 saturated heterocycles. The molecule has 1 amide bonds. The fourth-order valence-corrected chi connectivity index (χ4v) is 6.72. The Morgan fingerprint density at radius 2 is 1.88 bits per heavy atom. The highest BCUT2D eigenvalue weighted by Gasteiger charge is 2.62. The predicted molar refractivity (Wildman–Crippen MR) is 119 cm³/mol. The number of pyridine rings is 1. The van der Waals surface area contributed by atoms with Crippen molar-refractivity contribution in [3.63, 3.8) is 0 Å². The van der Waals surface area contributed by atoms with Gasteiger partial charge in [0, 0.05) is 23.5 Å². The number of alkyl carbamates (subject to hydrolysis) is 1. The van der Waals surface area contributed by atoms with Crippen LogP contribution in [0.1, 0.15) is 24.8 Å². The topological polar surface area (TPSA) is 109 Å². The van der Waals surface area contributed by atoms with E-state index in [0.717, 1.165) is 5.56 Å². The molecule has 1 atom stereocenters. The molecule has 0 bridgehead atoms. The maximum Gasteiger partial charge on any atom is 0.407 e. The number of carbonyl (C=O) groups is 1. The van der Waals surface area contributed by atoms with Crippen molar-refractivity contribution < 1.29 is 17.9 Å². The molecule has 2 N–H and O–H groups in total. The molecule has 2 fully saturated rings. The summed E-state index contributed by atoms with van der Waals surface area (Å²) in [5, 5.41) is 3.60. The van der Waals surface area contributed by atoms with Gasteiger partial charge < -0.3 is 15.0 Å². The molecule has 2 aliphatic rings. The normalized spacial score (nSPS) is 19.8. The van der Waals surface area contributed by atoms with Crippen molar-refractivity contribution in [3.8, 4) is 0 Å². The number of nitrogens with zero attached hydrogens (tertiary/aromatic N) is 1. The van der Waals surface area contributed by atoms with Crippen LogP contribution in [0, 0.1) is 0 Å². The van der Waals surface area contributed by atoms with Gasteiger partial charge in [0.2, 0.25) is 10.0 Å². The molecule has 3 aromatic rings. The first-order chi connectivity index (χ1) is 15.4. The number of H-pyrrole nitrogens is 1. The summed E-state index contributed by atoms with van der Waals surface area (Å²) in [6.45, 7) is 0.449. The van der Waals surface area contributed by atoms with E-state index in [4.69, 9.17) is 4.74 Å². The Morgan fingerprint density at radius 1 is 1.09 bits per heavy atom. The van der Waals surface area contributed by atoms with Crippen molar-refractivity contribution in [2.75, 3.05) is 6.54 Å². The number of aromatic nitrogens is 1. The van der Waals surface area contributed by atoms with Crippen LogP contribution in [0.25, 0.3) is 10.8 Å². The quantitative estimate of drug-likeness (QED) is 0.618. The number of benzene rings is 2. The molecule has 1 aliphatic carbocycles. The third-order valence-electron chi connectivity index (χ3n) is 6.38. The summed E-state index contributed by atoms with van der Waals surface area (Å²) in [5.41, 5.74) is -0.0956. The third-order valence-corrected chi connectivity index (χ3v) is 8.41. The molecule has 166 valence electrons. The lowest BCUT2D eigenvalue weighted by molar-refractivity contribution is 0.133. The van der Waals surface area contributed by atoms with Crippen LogP contribution >= 0.6 is 0 Å². The van der Waals surface area contributed by atoms with E-state index in [9.17, 15) is 18.0 Å². The average Bonchev–Trinajstić information content (AvgIpc) is 3.50. The first-order valence-corrected chi connectivity index (χ1v) is 12.0. The molecule has 1 spiro atoms. The number of ether oxygens (including phenoxy) is 1. The Hall–Kier alpha value is -3.17. The molecular formula is C23H23N3O5S. The number of rotatable bonds is 5. The molecule has 1 saturated carbocycles. The molecule has 2 heterocycles. The second kappa shape index (κ2) is 7.75. The highest BCUT2D eigenvalue weighted by Crippen LogP contribution is 2.52. The first-order valence-electron chi connectivity index (χ1n) is 10.5. The Balaban J connectivity index is 1.36. The number of hydrogen-bond acceptors (Lipinski definition) is 5. The Bertz CT molecular complexity index is 1330. The maximum absolute atomic E-state index is 13.6. The smallest absolute Gasteiger partial charge is 0.407 e. The van der Waals surface area contributed by atoms with E-state index in [0.29, 0.717) is 36.6 Å². The lowest BCUT2D eigenvalue weighted by atomic mass is 10.1. The second-order valence-corrected chi connectivity index (χ2v) is 10.1. The van der Waals surface area contributed by atoms with E-state index in [2.05, 4.69) is 10.3 Å². The highest BCUT2D eigenvalue weighted by atomic mass is 32.2. The third kappa shape index (κ3) is 3.47. The van der Waals surface area contributed by atoms with Crippen molar-refractivity contribution in [1.29, 1.82) is 0 Å². The molecule has 0 radical (unpaired) electrons. The van der Waals surface area contributed by atoms with E-state index in [1.165, 1.54) is 16.6 Å². The molecule has 32 heavy (non-hydrogen) atoms. The van der Waals surface area contributed by atoms with Crippen LogP contribution in [0.2, 0.25) is 0 Å². The van der Waals surface area contributed by atoms with Gasteiger partial charge in [0.1, 0.15) is 6.61 Å². The summed E-state index contributed by atoms with van der Waals surface area (Å²) in [7, 11) is -3.86. The van der Waals surface area contributed by atoms with Crippen LogP contribution in [-0.4, -0.2) is 41.9 Å². The maximum atomic E-state index is 13.6. The highest BCUT2D eigenvalue weighted by molar-refractivity contribution is 7.89. The number of amides is 1. The number of sulfonamides is 1. The minimum Gasteiger partial charge on any atom is -0.445 e. The number of fused-ring (bicyclic) bond motifs is 1. The van der Waals surface area contributed by atoms with Crippen LogP contribution in [-0.2, 0) is 21.4 Å². The molecule has 8 nitrogen and oxygen atoms in total. The zero-order valence-corrected chi connectivity index (χ0v) is 18.1. The molecule has 1 aromatic heterocycles. The molecule has 1 aliphatic heterocycles. The van der Waals surface area contributed by atoms with E-state index in [1.54, 1.807) is 18.2 Å². The lowest BCUT2D eigenvalue weighted by Gasteiger charge is -2.28. The van der Waals surface area contributed by atoms with E-state index >= 15 is 0 Å². The molecule has 9 heteroatoms. The van der Waals surface area contributed by atoms with Gasteiger partial charge in [-0.1, -0.05) is 36.4 Å². The average molecular weight is 454 g/mol. The fraction of sp³-hybridized carbons (Fsp3) is 0.304. The molecule has 1 unspecified atom stereocenters. The van der Waals surface area contributed by atoms with Crippen molar-refractivity contribution in [1.82, 2.24) is 14.6 Å². The summed E-state index contributed by atoms with van der Waals surface area (Å²) < 4.78 is 34.1. The zero-order valence-electron chi connectivity index (χ0n) is 17.3. The summed E-state index contributed by atoms with van der Waals surface area (Å²) in [6, 6.07) is 15.4. The summed E-state index contributed by atoms with van der Waals surface area (Å²) in [4.78, 5) is 27.2. The number of hydrogen-bond donors (Lipinski definition) is 2. The summed E-state index contributed by atoms with van der Waals surface area (Å²) in [6.07, 6.45) is 2.74. The van der Waals surface area contributed by atoms with Crippen LogP contribution in [0.4, 0.5) is 4.79 Å². The number of nitrogens with one attached hydrogen (secondary N) is 2. The number of aromatic amines is 1. The van der Waals surface area contributed by atoms with Gasteiger partial charge in [0.25, 0.3) is 5.56 Å². The number of carbonyl (C=O) groups excluding carboxylic acids is 1. The zero-order chi connectivity index (χ0) is 22.3. The van der Waals surface area contributed by atoms with Gasteiger partial charge in [0.05, 0.1) is 16.5 Å². The largest absolute Gasteiger partial charge is 0.445 e. The van der Waals surface area contributed by atoms with Gasteiger partial charge >= 0.3 is 6.09 Å². The fourth-order valence-electron chi connectivity index (χ4n) is 4.65. The minimum absolute atomic E-state index is 0.111. The summed E-state index contributed by atoms with van der Waals surface area (Å²) in [5.74, 6) is 0. The van der Waals surface area contributed by atoms with Crippen molar-refractivity contribution in [2.24, 2.45) is 0 Å². The van der Waals surface area contributed by atoms with Crippen LogP contribution < -0.4 is 10.9 Å². The van der Waals surface area contributed by atoms with Gasteiger partial charge in [-0.05, 0) is 43.0 Å². The Kier molecular flexibility index (Phi) is 5.02. The van der Waals surface area contributed by atoms with E-state index < -0.39 is 21.7 Å². The van der Waals surface area contributed by atoms with E-state index in [1.807, 2.05) is 30.3 Å². The van der Waals surface area contributed by atoms with Gasteiger partial charge in [-0.2, -0.15) is 4.31 Å². The molecule has 2 aromatic carbocycles. The lowest BCUT2D eigenvalue weighted by Crippen LogP contribution is -2.48. The van der Waals surface area contributed by atoms with Crippen LogP contribution in [0.15, 0.2) is 70.5 Å². The molecule has 5 rings (SSSR count). The van der Waals surface area contributed by atoms with Crippen molar-refractivity contribution in [3.05, 3.63) is 76.7 Å². The van der Waals surface area contributed by atoms with Crippen molar-refractivity contribution in [2.45, 2.75) is 42.3 Å². The summed E-state index contributed by atoms with van der Waals surface area (Å²) >= 11 is 0. The van der Waals surface area contributed by atoms with Crippen LogP contribution in [0.5, 0.6) is 0 Å². The van der Waals surface area contributed by atoms with Crippen LogP contribution in [0.3, 0.4) is 0 Å². The predicted octanol–water partition coefficient (Wildman–Crippen LogP) is 2.75. The van der Waals surface area contributed by atoms with E-state index in [-0.39, 0.29) is 23.1 Å².